The van der Waals surface area contributed by atoms with Gasteiger partial charge in [0.1, 0.15) is 5.60 Å². The summed E-state index contributed by atoms with van der Waals surface area (Å²) < 4.78 is 5.17. The van der Waals surface area contributed by atoms with Gasteiger partial charge in [-0.05, 0) is 49.6 Å². The maximum absolute atomic E-state index is 11.7. The number of carbonyl (C=O) groups is 1. The number of nitrogens with zero attached hydrogens (tertiary/aromatic N) is 3. The average molecular weight is 311 g/mol. The van der Waals surface area contributed by atoms with Gasteiger partial charge in [0.2, 0.25) is 0 Å². The van der Waals surface area contributed by atoms with Gasteiger partial charge in [-0.25, -0.2) is 4.79 Å². The van der Waals surface area contributed by atoms with Crippen LogP contribution in [0.4, 0.5) is 4.79 Å². The summed E-state index contributed by atoms with van der Waals surface area (Å²) in [5.74, 6) is 0. The lowest BCUT2D eigenvalue weighted by atomic mass is 10.0. The maximum Gasteiger partial charge on any atom is 0.407 e. The largest absolute Gasteiger partial charge is 0.444 e. The van der Waals surface area contributed by atoms with Crippen molar-refractivity contribution in [3.8, 4) is 0 Å². The Morgan fingerprint density at radius 1 is 1.52 bits per heavy atom. The lowest BCUT2D eigenvalue weighted by Gasteiger charge is -2.20. The lowest BCUT2D eigenvalue weighted by Crippen LogP contribution is -2.32. The average Bonchev–Trinajstić information content (AvgIpc) is 2.35. The number of amides is 1. The Hall–Kier alpha value is -1.91. The number of hydrogen-bond acceptors (Lipinski definition) is 3. The SMILES string of the molecule is C[C@H](N=[N+]=[N-])c1cc(Cl)ccc1CNC(=O)OC(C)(C)C. The summed E-state index contributed by atoms with van der Waals surface area (Å²) >= 11 is 5.96. The highest BCUT2D eigenvalue weighted by atomic mass is 35.5. The summed E-state index contributed by atoms with van der Waals surface area (Å²) in [4.78, 5) is 14.5. The highest BCUT2D eigenvalue weighted by Crippen LogP contribution is 2.25. The van der Waals surface area contributed by atoms with Crippen molar-refractivity contribution in [2.75, 3.05) is 0 Å². The third kappa shape index (κ3) is 5.94. The number of hydrogen-bond donors (Lipinski definition) is 1. The first-order chi connectivity index (χ1) is 9.73. The molecule has 1 amide bonds. The van der Waals surface area contributed by atoms with Crippen LogP contribution in [0, 0.1) is 0 Å². The quantitative estimate of drug-likeness (QED) is 0.494. The predicted octanol–water partition coefficient (Wildman–Crippen LogP) is 4.74. The van der Waals surface area contributed by atoms with E-state index in [1.807, 2.05) is 0 Å². The minimum atomic E-state index is -0.550. The molecule has 0 aliphatic carbocycles. The van der Waals surface area contributed by atoms with E-state index in [2.05, 4.69) is 15.3 Å². The molecule has 21 heavy (non-hydrogen) atoms. The van der Waals surface area contributed by atoms with E-state index in [4.69, 9.17) is 21.9 Å². The zero-order chi connectivity index (χ0) is 16.0. The lowest BCUT2D eigenvalue weighted by molar-refractivity contribution is 0.0523. The predicted molar refractivity (Wildman–Crippen MR) is 82.1 cm³/mol. The molecule has 0 saturated carbocycles. The van der Waals surface area contributed by atoms with E-state index < -0.39 is 11.7 Å². The molecule has 0 aromatic heterocycles. The smallest absolute Gasteiger partial charge is 0.407 e. The van der Waals surface area contributed by atoms with E-state index in [1.54, 1.807) is 45.9 Å². The van der Waals surface area contributed by atoms with E-state index >= 15 is 0 Å². The van der Waals surface area contributed by atoms with Gasteiger partial charge in [0.25, 0.3) is 0 Å². The number of ether oxygens (including phenoxy) is 1. The third-order valence-electron chi connectivity index (χ3n) is 2.60. The molecule has 0 aliphatic rings. The third-order valence-corrected chi connectivity index (χ3v) is 2.84. The topological polar surface area (TPSA) is 87.1 Å². The van der Waals surface area contributed by atoms with Gasteiger partial charge in [0.15, 0.2) is 0 Å². The standard InChI is InChI=1S/C14H19ClN4O2/c1-9(18-19-16)12-7-11(15)6-5-10(12)8-17-13(20)21-14(2,3)4/h5-7,9H,8H2,1-4H3,(H,17,20)/t9-/m0/s1. The first-order valence-corrected chi connectivity index (χ1v) is 6.90. The molecule has 0 heterocycles. The fraction of sp³-hybridized carbons (Fsp3) is 0.500. The molecule has 1 aromatic rings. The Morgan fingerprint density at radius 3 is 2.76 bits per heavy atom. The van der Waals surface area contributed by atoms with Crippen LogP contribution in [-0.2, 0) is 11.3 Å². The van der Waals surface area contributed by atoms with Crippen molar-refractivity contribution >= 4 is 17.7 Å². The van der Waals surface area contributed by atoms with Crippen molar-refractivity contribution < 1.29 is 9.53 Å². The Kier molecular flexibility index (Phi) is 5.88. The molecular weight excluding hydrogens is 292 g/mol. The minimum absolute atomic E-state index is 0.271. The second-order valence-corrected chi connectivity index (χ2v) is 6.02. The fourth-order valence-electron chi connectivity index (χ4n) is 1.74. The van der Waals surface area contributed by atoms with Crippen molar-refractivity contribution in [1.29, 1.82) is 0 Å². The fourth-order valence-corrected chi connectivity index (χ4v) is 1.92. The zero-order valence-electron chi connectivity index (χ0n) is 12.6. The molecule has 0 fully saturated rings. The van der Waals surface area contributed by atoms with Crippen molar-refractivity contribution in [2.45, 2.75) is 45.9 Å². The molecule has 0 saturated heterocycles. The number of carbonyl (C=O) groups excluding carboxylic acids is 1. The summed E-state index contributed by atoms with van der Waals surface area (Å²) in [5.41, 5.74) is 9.59. The van der Waals surface area contributed by atoms with Crippen molar-refractivity contribution in [3.05, 3.63) is 44.8 Å². The van der Waals surface area contributed by atoms with Gasteiger partial charge in [-0.2, -0.15) is 0 Å². The molecule has 6 nitrogen and oxygen atoms in total. The molecule has 0 radical (unpaired) electrons. The van der Waals surface area contributed by atoms with Crippen LogP contribution in [-0.4, -0.2) is 11.7 Å². The van der Waals surface area contributed by atoms with E-state index in [-0.39, 0.29) is 12.6 Å². The molecule has 114 valence electrons. The van der Waals surface area contributed by atoms with E-state index in [1.165, 1.54) is 0 Å². The normalized spacial score (nSPS) is 12.2. The molecule has 0 aliphatic heterocycles. The van der Waals surface area contributed by atoms with E-state index in [9.17, 15) is 4.79 Å². The van der Waals surface area contributed by atoms with Gasteiger partial charge in [-0.15, -0.1) is 0 Å². The number of benzene rings is 1. The van der Waals surface area contributed by atoms with Gasteiger partial charge in [0.05, 0.1) is 6.04 Å². The molecule has 0 spiro atoms. The highest BCUT2D eigenvalue weighted by Gasteiger charge is 2.17. The van der Waals surface area contributed by atoms with Crippen molar-refractivity contribution in [1.82, 2.24) is 5.32 Å². The Bertz CT molecular complexity index is 563. The minimum Gasteiger partial charge on any atom is -0.444 e. The van der Waals surface area contributed by atoms with Crippen LogP contribution in [0.5, 0.6) is 0 Å². The van der Waals surface area contributed by atoms with Crippen LogP contribution in [0.2, 0.25) is 5.02 Å². The highest BCUT2D eigenvalue weighted by molar-refractivity contribution is 6.30. The summed E-state index contributed by atoms with van der Waals surface area (Å²) in [6.07, 6.45) is -0.500. The van der Waals surface area contributed by atoms with Gasteiger partial charge in [-0.3, -0.25) is 0 Å². The summed E-state index contributed by atoms with van der Waals surface area (Å²) in [5, 5.41) is 6.88. The maximum atomic E-state index is 11.7. The Balaban J connectivity index is 2.84. The van der Waals surface area contributed by atoms with E-state index in [0.717, 1.165) is 11.1 Å². The van der Waals surface area contributed by atoms with Gasteiger partial charge in [-0.1, -0.05) is 29.7 Å². The Labute approximate surface area is 129 Å². The molecular formula is C14H19ClN4O2. The van der Waals surface area contributed by atoms with Gasteiger partial charge in [0, 0.05) is 16.5 Å². The van der Waals surface area contributed by atoms with Gasteiger partial charge < -0.3 is 10.1 Å². The van der Waals surface area contributed by atoms with Crippen LogP contribution in [0.1, 0.15) is 44.9 Å². The number of nitrogens with one attached hydrogen (secondary N) is 1. The summed E-state index contributed by atoms with van der Waals surface area (Å²) in [7, 11) is 0. The molecule has 1 N–H and O–H groups in total. The number of rotatable bonds is 4. The first kappa shape index (κ1) is 17.1. The monoisotopic (exact) mass is 310 g/mol. The zero-order valence-corrected chi connectivity index (χ0v) is 13.3. The van der Waals surface area contributed by atoms with Crippen molar-refractivity contribution in [3.63, 3.8) is 0 Å². The molecule has 1 rings (SSSR count). The van der Waals surface area contributed by atoms with Gasteiger partial charge >= 0.3 is 6.09 Å². The molecule has 1 aromatic carbocycles. The van der Waals surface area contributed by atoms with Crippen LogP contribution in [0.25, 0.3) is 10.4 Å². The molecule has 0 unspecified atom stereocenters. The number of alkyl carbamates (subject to hydrolysis) is 1. The second-order valence-electron chi connectivity index (χ2n) is 5.58. The second kappa shape index (κ2) is 7.20. The summed E-state index contributed by atoms with van der Waals surface area (Å²) in [6, 6.07) is 4.87. The van der Waals surface area contributed by atoms with Crippen molar-refractivity contribution in [2.24, 2.45) is 5.11 Å². The molecule has 1 atom stereocenters. The number of halogens is 1. The van der Waals surface area contributed by atoms with Crippen LogP contribution < -0.4 is 5.32 Å². The Morgan fingerprint density at radius 2 is 2.19 bits per heavy atom. The van der Waals surface area contributed by atoms with Crippen LogP contribution >= 0.6 is 11.6 Å². The van der Waals surface area contributed by atoms with Crippen LogP contribution in [0.3, 0.4) is 0 Å². The van der Waals surface area contributed by atoms with E-state index in [0.29, 0.717) is 5.02 Å². The molecule has 7 heteroatoms. The molecule has 0 bridgehead atoms. The summed E-state index contributed by atoms with van der Waals surface area (Å²) in [6.45, 7) is 7.42. The first-order valence-electron chi connectivity index (χ1n) is 6.52. The van der Waals surface area contributed by atoms with Crippen LogP contribution in [0.15, 0.2) is 23.3 Å². The number of azide groups is 1.